The van der Waals surface area contributed by atoms with E-state index in [2.05, 4.69) is 25.5 Å². The van der Waals surface area contributed by atoms with Gasteiger partial charge in [-0.05, 0) is 60.7 Å². The topological polar surface area (TPSA) is 122 Å². The van der Waals surface area contributed by atoms with Gasteiger partial charge in [0.15, 0.2) is 5.82 Å². The van der Waals surface area contributed by atoms with E-state index >= 15 is 0 Å². The summed E-state index contributed by atoms with van der Waals surface area (Å²) in [7, 11) is 0. The molecular formula is C26H26N8O. The highest BCUT2D eigenvalue weighted by atomic mass is 16.1. The first-order valence-electron chi connectivity index (χ1n) is 11.9. The Kier molecular flexibility index (Phi) is 5.46. The van der Waals surface area contributed by atoms with Crippen molar-refractivity contribution in [3.8, 4) is 11.4 Å². The number of nitrogens with two attached hydrogens (primary N) is 1. The number of carbonyl (C=O) groups is 1. The van der Waals surface area contributed by atoms with Gasteiger partial charge in [-0.2, -0.15) is 0 Å². The Morgan fingerprint density at radius 3 is 2.60 bits per heavy atom. The average Bonchev–Trinajstić information content (AvgIpc) is 3.74. The van der Waals surface area contributed by atoms with E-state index in [0.717, 1.165) is 54.2 Å². The first-order chi connectivity index (χ1) is 17.2. The molecule has 1 saturated carbocycles. The van der Waals surface area contributed by atoms with Gasteiger partial charge >= 0.3 is 0 Å². The highest BCUT2D eigenvalue weighted by Crippen LogP contribution is 2.44. The van der Waals surface area contributed by atoms with Crippen LogP contribution in [0.5, 0.6) is 0 Å². The van der Waals surface area contributed by atoms with Crippen LogP contribution in [0, 0.1) is 0 Å². The van der Waals surface area contributed by atoms with Gasteiger partial charge in [-0.1, -0.05) is 0 Å². The lowest BCUT2D eigenvalue weighted by Crippen LogP contribution is -2.44. The van der Waals surface area contributed by atoms with Gasteiger partial charge in [-0.15, -0.1) is 0 Å². The SMILES string of the molecule is NC(=O)c1ccc(Nc2cc(-c3nc(N4CCNCC4)c4c(C5CC5)cncc4n3)ccn2)cc1. The van der Waals surface area contributed by atoms with Gasteiger partial charge in [0.1, 0.15) is 11.6 Å². The van der Waals surface area contributed by atoms with E-state index in [4.69, 9.17) is 15.7 Å². The van der Waals surface area contributed by atoms with Crippen molar-refractivity contribution in [3.63, 3.8) is 0 Å². The number of amides is 1. The number of hydrogen-bond acceptors (Lipinski definition) is 8. The quantitative estimate of drug-likeness (QED) is 0.396. The molecule has 2 fully saturated rings. The molecule has 0 unspecified atom stereocenters. The molecule has 176 valence electrons. The number of piperazine rings is 1. The number of carbonyl (C=O) groups excluding carboxylic acids is 1. The Balaban J connectivity index is 1.39. The zero-order valence-electron chi connectivity index (χ0n) is 19.2. The van der Waals surface area contributed by atoms with Crippen LogP contribution in [0.2, 0.25) is 0 Å². The lowest BCUT2D eigenvalue weighted by atomic mass is 10.1. The molecule has 0 bridgehead atoms. The molecule has 9 nitrogen and oxygen atoms in total. The van der Waals surface area contributed by atoms with Crippen molar-refractivity contribution < 1.29 is 4.79 Å². The second-order valence-corrected chi connectivity index (χ2v) is 9.00. The van der Waals surface area contributed by atoms with Crippen LogP contribution in [0.15, 0.2) is 55.0 Å². The van der Waals surface area contributed by atoms with E-state index in [-0.39, 0.29) is 0 Å². The van der Waals surface area contributed by atoms with Crippen molar-refractivity contribution >= 4 is 34.1 Å². The Labute approximate surface area is 202 Å². The molecule has 2 aliphatic rings. The summed E-state index contributed by atoms with van der Waals surface area (Å²) in [5.74, 6) is 2.40. The second-order valence-electron chi connectivity index (χ2n) is 9.00. The molecule has 0 atom stereocenters. The van der Waals surface area contributed by atoms with Crippen molar-refractivity contribution in [2.24, 2.45) is 5.73 Å². The van der Waals surface area contributed by atoms with Gasteiger partial charge in [0.2, 0.25) is 5.91 Å². The molecule has 1 amide bonds. The maximum absolute atomic E-state index is 11.3. The average molecular weight is 467 g/mol. The fourth-order valence-electron chi connectivity index (χ4n) is 4.53. The lowest BCUT2D eigenvalue weighted by molar-refractivity contribution is 0.100. The Morgan fingerprint density at radius 2 is 1.86 bits per heavy atom. The summed E-state index contributed by atoms with van der Waals surface area (Å²) in [6.07, 6.45) is 7.98. The number of benzene rings is 1. The molecule has 4 heterocycles. The van der Waals surface area contributed by atoms with E-state index in [9.17, 15) is 4.79 Å². The summed E-state index contributed by atoms with van der Waals surface area (Å²) < 4.78 is 0. The zero-order valence-corrected chi connectivity index (χ0v) is 19.2. The molecule has 1 saturated heterocycles. The standard InChI is InChI=1S/C26H26N8O/c27-24(35)17-3-5-19(6-4-17)31-22-13-18(7-8-30-22)25-32-21-15-29-14-20(16-1-2-16)23(21)26(33-25)34-11-9-28-10-12-34/h3-8,13-16,28H,1-2,9-12H2,(H2,27,35)(H,30,31). The van der Waals surface area contributed by atoms with Crippen LogP contribution in [-0.2, 0) is 0 Å². The number of nitrogens with zero attached hydrogens (tertiary/aromatic N) is 5. The normalized spacial score (nSPS) is 15.8. The van der Waals surface area contributed by atoms with Gasteiger partial charge in [0, 0.05) is 60.8 Å². The summed E-state index contributed by atoms with van der Waals surface area (Å²) in [5, 5.41) is 7.84. The summed E-state index contributed by atoms with van der Waals surface area (Å²) in [5.41, 5.74) is 9.61. The summed E-state index contributed by atoms with van der Waals surface area (Å²) >= 11 is 0. The van der Waals surface area contributed by atoms with Crippen LogP contribution in [0.4, 0.5) is 17.3 Å². The highest BCUT2D eigenvalue weighted by Gasteiger charge is 2.29. The smallest absolute Gasteiger partial charge is 0.248 e. The van der Waals surface area contributed by atoms with Gasteiger partial charge in [-0.3, -0.25) is 9.78 Å². The molecule has 0 radical (unpaired) electrons. The first-order valence-corrected chi connectivity index (χ1v) is 11.9. The highest BCUT2D eigenvalue weighted by molar-refractivity contribution is 5.94. The Hall–Kier alpha value is -4.11. The Morgan fingerprint density at radius 1 is 1.06 bits per heavy atom. The molecular weight excluding hydrogens is 440 g/mol. The van der Waals surface area contributed by atoms with E-state index < -0.39 is 5.91 Å². The van der Waals surface area contributed by atoms with E-state index in [1.165, 1.54) is 18.4 Å². The van der Waals surface area contributed by atoms with Crippen LogP contribution in [0.1, 0.15) is 34.7 Å². The molecule has 4 N–H and O–H groups in total. The van der Waals surface area contributed by atoms with Crippen LogP contribution in [-0.4, -0.2) is 52.0 Å². The van der Waals surface area contributed by atoms with Gasteiger partial charge in [0.25, 0.3) is 0 Å². The fourth-order valence-corrected chi connectivity index (χ4v) is 4.53. The number of pyridine rings is 2. The van der Waals surface area contributed by atoms with Gasteiger partial charge in [0.05, 0.1) is 11.7 Å². The minimum atomic E-state index is -0.454. The van der Waals surface area contributed by atoms with Crippen LogP contribution in [0.25, 0.3) is 22.3 Å². The first kappa shape index (κ1) is 21.4. The maximum atomic E-state index is 11.3. The summed E-state index contributed by atoms with van der Waals surface area (Å²) in [6.45, 7) is 3.68. The Bertz CT molecular complexity index is 1390. The number of aromatic nitrogens is 4. The summed E-state index contributed by atoms with van der Waals surface area (Å²) in [4.78, 5) is 32.7. The molecule has 6 rings (SSSR count). The molecule has 0 spiro atoms. The predicted octanol–water partition coefficient (Wildman–Crippen LogP) is 3.22. The maximum Gasteiger partial charge on any atom is 0.248 e. The molecule has 35 heavy (non-hydrogen) atoms. The van der Waals surface area contributed by atoms with Crippen LogP contribution < -0.4 is 21.3 Å². The fraction of sp³-hybridized carbons (Fsp3) is 0.269. The monoisotopic (exact) mass is 466 g/mol. The summed E-state index contributed by atoms with van der Waals surface area (Å²) in [6, 6.07) is 10.8. The molecule has 1 aliphatic carbocycles. The molecule has 3 aromatic heterocycles. The lowest BCUT2D eigenvalue weighted by Gasteiger charge is -2.30. The second kappa shape index (κ2) is 8.92. The zero-order chi connectivity index (χ0) is 23.8. The third-order valence-electron chi connectivity index (χ3n) is 6.51. The number of hydrogen-bond donors (Lipinski definition) is 3. The van der Waals surface area contributed by atoms with Crippen molar-refractivity contribution in [2.45, 2.75) is 18.8 Å². The molecule has 4 aromatic rings. The molecule has 9 heteroatoms. The van der Waals surface area contributed by atoms with Gasteiger partial charge < -0.3 is 21.3 Å². The van der Waals surface area contributed by atoms with Crippen molar-refractivity contribution in [2.75, 3.05) is 36.4 Å². The van der Waals surface area contributed by atoms with Gasteiger partial charge in [-0.25, -0.2) is 15.0 Å². The predicted molar refractivity (Wildman–Crippen MR) is 136 cm³/mol. The number of rotatable bonds is 6. The van der Waals surface area contributed by atoms with Crippen molar-refractivity contribution in [1.29, 1.82) is 0 Å². The number of anilines is 3. The minimum absolute atomic E-state index is 0.454. The van der Waals surface area contributed by atoms with E-state index in [1.807, 2.05) is 24.5 Å². The van der Waals surface area contributed by atoms with E-state index in [0.29, 0.717) is 23.1 Å². The van der Waals surface area contributed by atoms with Crippen molar-refractivity contribution in [3.05, 3.63) is 66.1 Å². The molecule has 1 aromatic carbocycles. The molecule has 1 aliphatic heterocycles. The third-order valence-corrected chi connectivity index (χ3v) is 6.51. The van der Waals surface area contributed by atoms with Crippen molar-refractivity contribution in [1.82, 2.24) is 25.3 Å². The van der Waals surface area contributed by atoms with E-state index in [1.54, 1.807) is 30.5 Å². The largest absolute Gasteiger partial charge is 0.366 e. The minimum Gasteiger partial charge on any atom is -0.366 e. The van der Waals surface area contributed by atoms with Crippen LogP contribution >= 0.6 is 0 Å². The number of fused-ring (bicyclic) bond motifs is 1. The number of primary amides is 1. The van der Waals surface area contributed by atoms with Crippen LogP contribution in [0.3, 0.4) is 0 Å². The number of nitrogens with one attached hydrogen (secondary N) is 2. The third kappa shape index (κ3) is 4.38.